The van der Waals surface area contributed by atoms with E-state index in [1.54, 1.807) is 35.5 Å². The highest BCUT2D eigenvalue weighted by Gasteiger charge is 2.42. The molecule has 2 aromatic heterocycles. The summed E-state index contributed by atoms with van der Waals surface area (Å²) in [5.41, 5.74) is 2.10. The second-order valence-corrected chi connectivity index (χ2v) is 8.02. The molecule has 4 rings (SSSR count). The van der Waals surface area contributed by atoms with Gasteiger partial charge in [-0.1, -0.05) is 17.7 Å². The Hall–Kier alpha value is -2.70. The molecule has 0 fully saturated rings. The maximum atomic E-state index is 13.4. The zero-order chi connectivity index (χ0) is 20.7. The lowest BCUT2D eigenvalue weighted by Gasteiger charge is -2.25. The fourth-order valence-corrected chi connectivity index (χ4v) is 3.98. The van der Waals surface area contributed by atoms with E-state index >= 15 is 0 Å². The number of rotatable bonds is 5. The summed E-state index contributed by atoms with van der Waals surface area (Å²) >= 11 is 6.25. The third kappa shape index (κ3) is 3.43. The molecule has 1 aliphatic rings. The molecule has 1 unspecified atom stereocenters. The van der Waals surface area contributed by atoms with Crippen LogP contribution in [0.3, 0.4) is 0 Å². The molecule has 0 N–H and O–H groups in total. The van der Waals surface area contributed by atoms with Crippen LogP contribution in [-0.2, 0) is 0 Å². The lowest BCUT2D eigenvalue weighted by Crippen LogP contribution is -2.32. The van der Waals surface area contributed by atoms with Gasteiger partial charge in [0.1, 0.15) is 5.58 Å². The summed E-state index contributed by atoms with van der Waals surface area (Å²) in [6.45, 7) is 3.18. The zero-order valence-electron chi connectivity index (χ0n) is 16.6. The average molecular weight is 412 g/mol. The molecule has 0 aliphatic carbocycles. The molecule has 1 amide bonds. The number of halogens is 1. The van der Waals surface area contributed by atoms with E-state index in [-0.39, 0.29) is 17.1 Å². The number of fused-ring (bicyclic) bond motifs is 2. The molecule has 29 heavy (non-hydrogen) atoms. The molecule has 6 nitrogen and oxygen atoms in total. The minimum Gasteiger partial charge on any atom is -0.450 e. The van der Waals surface area contributed by atoms with Crippen LogP contribution in [-0.4, -0.2) is 47.9 Å². The quantitative estimate of drug-likeness (QED) is 0.641. The van der Waals surface area contributed by atoms with E-state index < -0.39 is 6.04 Å². The summed E-state index contributed by atoms with van der Waals surface area (Å²) in [5, 5.41) is 0.881. The van der Waals surface area contributed by atoms with Gasteiger partial charge in [0.05, 0.1) is 17.0 Å². The number of benzene rings is 1. The fraction of sp³-hybridized carbons (Fsp3) is 0.318. The molecule has 1 atom stereocenters. The molecular formula is C22H22ClN3O3. The topological polar surface area (TPSA) is 66.7 Å². The smallest absolute Gasteiger partial charge is 0.290 e. The summed E-state index contributed by atoms with van der Waals surface area (Å²) in [6.07, 6.45) is 4.14. The molecule has 0 bridgehead atoms. The van der Waals surface area contributed by atoms with Gasteiger partial charge in [-0.25, -0.2) is 0 Å². The van der Waals surface area contributed by atoms with Crippen molar-refractivity contribution in [3.63, 3.8) is 0 Å². The molecule has 1 aromatic carbocycles. The number of carbonyl (C=O) groups excluding carboxylic acids is 1. The van der Waals surface area contributed by atoms with E-state index in [2.05, 4.69) is 9.88 Å². The SMILES string of the molecule is Cc1cc2oc3c(c(=O)c2cc1Cl)C(c1cccnc1)N(CCCN(C)C)C3=O. The maximum Gasteiger partial charge on any atom is 0.290 e. The number of nitrogens with zero attached hydrogens (tertiary/aromatic N) is 3. The molecule has 0 saturated carbocycles. The Labute approximate surface area is 173 Å². The monoisotopic (exact) mass is 411 g/mol. The van der Waals surface area contributed by atoms with E-state index in [9.17, 15) is 9.59 Å². The Balaban J connectivity index is 1.89. The Morgan fingerprint density at radius 2 is 2.07 bits per heavy atom. The first-order valence-corrected chi connectivity index (χ1v) is 9.88. The lowest BCUT2D eigenvalue weighted by atomic mass is 9.99. The van der Waals surface area contributed by atoms with Crippen LogP contribution in [0.5, 0.6) is 0 Å². The van der Waals surface area contributed by atoms with Gasteiger partial charge in [-0.15, -0.1) is 0 Å². The number of carbonyl (C=O) groups is 1. The highest BCUT2D eigenvalue weighted by Crippen LogP contribution is 2.38. The van der Waals surface area contributed by atoms with Crippen molar-refractivity contribution >= 4 is 28.5 Å². The van der Waals surface area contributed by atoms with Crippen LogP contribution >= 0.6 is 11.6 Å². The van der Waals surface area contributed by atoms with Crippen molar-refractivity contribution in [2.45, 2.75) is 19.4 Å². The van der Waals surface area contributed by atoms with Gasteiger partial charge in [-0.05, 0) is 63.3 Å². The fourth-order valence-electron chi connectivity index (χ4n) is 3.81. The molecule has 150 valence electrons. The molecule has 7 heteroatoms. The minimum absolute atomic E-state index is 0.114. The predicted octanol–water partition coefficient (Wildman–Crippen LogP) is 3.65. The van der Waals surface area contributed by atoms with Gasteiger partial charge in [0, 0.05) is 24.0 Å². The lowest BCUT2D eigenvalue weighted by molar-refractivity contribution is 0.0722. The zero-order valence-corrected chi connectivity index (χ0v) is 17.4. The first-order chi connectivity index (χ1) is 13.9. The van der Waals surface area contributed by atoms with E-state index in [0.717, 1.165) is 24.1 Å². The van der Waals surface area contributed by atoms with E-state index in [4.69, 9.17) is 16.0 Å². The molecule has 0 saturated heterocycles. The van der Waals surface area contributed by atoms with Gasteiger partial charge in [-0.3, -0.25) is 14.6 Å². The van der Waals surface area contributed by atoms with Crippen LogP contribution in [0.1, 0.15) is 39.7 Å². The number of aryl methyl sites for hydroxylation is 1. The molecular weight excluding hydrogens is 390 g/mol. The van der Waals surface area contributed by atoms with Crippen molar-refractivity contribution < 1.29 is 9.21 Å². The van der Waals surface area contributed by atoms with Crippen LogP contribution in [0.2, 0.25) is 5.02 Å². The highest BCUT2D eigenvalue weighted by molar-refractivity contribution is 6.32. The van der Waals surface area contributed by atoms with Crippen molar-refractivity contribution in [1.29, 1.82) is 0 Å². The van der Waals surface area contributed by atoms with Crippen molar-refractivity contribution in [2.24, 2.45) is 0 Å². The summed E-state index contributed by atoms with van der Waals surface area (Å²) in [4.78, 5) is 34.6. The van der Waals surface area contributed by atoms with E-state index in [1.807, 2.05) is 27.1 Å². The number of pyridine rings is 1. The Bertz CT molecular complexity index is 1140. The average Bonchev–Trinajstić information content (AvgIpc) is 2.97. The minimum atomic E-state index is -0.519. The first kappa shape index (κ1) is 19.6. The van der Waals surface area contributed by atoms with Crippen molar-refractivity contribution in [3.05, 3.63) is 74.4 Å². The van der Waals surface area contributed by atoms with E-state index in [1.165, 1.54) is 0 Å². The van der Waals surface area contributed by atoms with Crippen molar-refractivity contribution in [1.82, 2.24) is 14.8 Å². The Morgan fingerprint density at radius 1 is 1.28 bits per heavy atom. The molecule has 0 spiro atoms. The van der Waals surface area contributed by atoms with Crippen molar-refractivity contribution in [3.8, 4) is 0 Å². The summed E-state index contributed by atoms with van der Waals surface area (Å²) in [7, 11) is 3.98. The second-order valence-electron chi connectivity index (χ2n) is 7.62. The summed E-state index contributed by atoms with van der Waals surface area (Å²) < 4.78 is 5.96. The highest BCUT2D eigenvalue weighted by atomic mass is 35.5. The third-order valence-corrected chi connectivity index (χ3v) is 5.66. The molecule has 3 aromatic rings. The van der Waals surface area contributed by atoms with Gasteiger partial charge in [0.15, 0.2) is 5.43 Å². The van der Waals surface area contributed by atoms with Gasteiger partial charge in [0.2, 0.25) is 5.76 Å². The standard InChI is InChI=1S/C22H22ClN3O3/c1-13-10-17-15(11-16(13)23)20(27)18-19(14-6-4-7-24-12-14)26(9-5-8-25(2)3)22(28)21(18)29-17/h4,6-7,10-12,19H,5,8-9H2,1-3H3. The Kier molecular flexibility index (Phi) is 5.15. The summed E-state index contributed by atoms with van der Waals surface area (Å²) in [5.74, 6) is -0.151. The van der Waals surface area contributed by atoms with Crippen molar-refractivity contribution in [2.75, 3.05) is 27.2 Å². The maximum absolute atomic E-state index is 13.4. The Morgan fingerprint density at radius 3 is 2.76 bits per heavy atom. The number of aromatic nitrogens is 1. The molecule has 3 heterocycles. The van der Waals surface area contributed by atoms with E-state index in [0.29, 0.717) is 28.1 Å². The molecule has 0 radical (unpaired) electrons. The number of hydrogen-bond donors (Lipinski definition) is 0. The van der Waals surface area contributed by atoms with Gasteiger partial charge in [-0.2, -0.15) is 0 Å². The number of hydrogen-bond acceptors (Lipinski definition) is 5. The normalized spacial score (nSPS) is 16.1. The van der Waals surface area contributed by atoms with Crippen LogP contribution in [0.15, 0.2) is 45.9 Å². The first-order valence-electron chi connectivity index (χ1n) is 9.51. The van der Waals surface area contributed by atoms with Crippen LogP contribution in [0.4, 0.5) is 0 Å². The van der Waals surface area contributed by atoms with Crippen LogP contribution in [0, 0.1) is 6.92 Å². The van der Waals surface area contributed by atoms with Gasteiger partial charge < -0.3 is 14.2 Å². The van der Waals surface area contributed by atoms with Crippen LogP contribution < -0.4 is 5.43 Å². The second kappa shape index (κ2) is 7.61. The van der Waals surface area contributed by atoms with Crippen LogP contribution in [0.25, 0.3) is 11.0 Å². The van der Waals surface area contributed by atoms with Gasteiger partial charge in [0.25, 0.3) is 5.91 Å². The number of amides is 1. The predicted molar refractivity (Wildman–Crippen MR) is 113 cm³/mol. The largest absolute Gasteiger partial charge is 0.450 e. The third-order valence-electron chi connectivity index (χ3n) is 5.25. The van der Waals surface area contributed by atoms with Gasteiger partial charge >= 0.3 is 0 Å². The summed E-state index contributed by atoms with van der Waals surface area (Å²) in [6, 6.07) is 6.50. The molecule has 1 aliphatic heterocycles.